The maximum absolute atomic E-state index is 5.96. The summed E-state index contributed by atoms with van der Waals surface area (Å²) in [5.74, 6) is 1.48. The lowest BCUT2D eigenvalue weighted by Crippen LogP contribution is -2.14. The van der Waals surface area contributed by atoms with Crippen molar-refractivity contribution >= 4 is 0 Å². The molecule has 72 valence electrons. The van der Waals surface area contributed by atoms with Gasteiger partial charge in [-0.15, -0.1) is 0 Å². The average Bonchev–Trinajstić information content (AvgIpc) is 2.74. The van der Waals surface area contributed by atoms with Crippen LogP contribution in [0.15, 0.2) is 16.9 Å². The first-order valence-electron chi connectivity index (χ1n) is 5.01. The number of rotatable bonds is 3. The lowest BCUT2D eigenvalue weighted by atomic mass is 9.99. The van der Waals surface area contributed by atoms with E-state index in [2.05, 4.69) is 4.98 Å². The lowest BCUT2D eigenvalue weighted by Gasteiger charge is -2.12. The van der Waals surface area contributed by atoms with Crippen LogP contribution in [0.4, 0.5) is 0 Å². The highest BCUT2D eigenvalue weighted by Crippen LogP contribution is 2.31. The Labute approximate surface area is 78.3 Å². The molecule has 2 N–H and O–H groups in total. The highest BCUT2D eigenvalue weighted by Gasteiger charge is 2.20. The van der Waals surface area contributed by atoms with Crippen LogP contribution in [0.25, 0.3) is 0 Å². The summed E-state index contributed by atoms with van der Waals surface area (Å²) in [6.07, 6.45) is 9.66. The molecule has 0 spiro atoms. The topological polar surface area (TPSA) is 52.0 Å². The number of oxazole rings is 1. The van der Waals surface area contributed by atoms with Crippen molar-refractivity contribution in [2.45, 2.75) is 38.1 Å². The fourth-order valence-electron chi connectivity index (χ4n) is 2.12. The normalized spacial score (nSPS) is 20.7. The summed E-state index contributed by atoms with van der Waals surface area (Å²) in [6, 6.07) is -0.00176. The summed E-state index contributed by atoms with van der Waals surface area (Å²) >= 11 is 0. The molecule has 1 aliphatic rings. The Balaban J connectivity index is 1.87. The van der Waals surface area contributed by atoms with E-state index in [9.17, 15) is 0 Å². The van der Waals surface area contributed by atoms with Gasteiger partial charge in [0.15, 0.2) is 0 Å². The molecule has 3 nitrogen and oxygen atoms in total. The summed E-state index contributed by atoms with van der Waals surface area (Å²) in [6.45, 7) is 0. The summed E-state index contributed by atoms with van der Waals surface area (Å²) in [5.41, 5.74) is 5.96. The van der Waals surface area contributed by atoms with Crippen LogP contribution in [0.5, 0.6) is 0 Å². The monoisotopic (exact) mass is 180 g/mol. The first-order chi connectivity index (χ1) is 6.36. The molecule has 1 fully saturated rings. The molecule has 0 aromatic carbocycles. The highest BCUT2D eigenvalue weighted by atomic mass is 16.3. The van der Waals surface area contributed by atoms with E-state index < -0.39 is 0 Å². The molecule has 0 saturated heterocycles. The molecule has 1 atom stereocenters. The first-order valence-corrected chi connectivity index (χ1v) is 5.01. The van der Waals surface area contributed by atoms with E-state index in [0.29, 0.717) is 5.89 Å². The Bertz CT molecular complexity index is 239. The quantitative estimate of drug-likeness (QED) is 0.776. The minimum Gasteiger partial charge on any atom is -0.447 e. The van der Waals surface area contributed by atoms with Gasteiger partial charge in [-0.3, -0.25) is 0 Å². The van der Waals surface area contributed by atoms with Crippen LogP contribution in [0.3, 0.4) is 0 Å². The molecule has 0 bridgehead atoms. The van der Waals surface area contributed by atoms with E-state index in [4.69, 9.17) is 10.2 Å². The van der Waals surface area contributed by atoms with Crippen molar-refractivity contribution in [2.24, 2.45) is 11.7 Å². The van der Waals surface area contributed by atoms with Crippen molar-refractivity contribution in [1.29, 1.82) is 0 Å². The van der Waals surface area contributed by atoms with Gasteiger partial charge in [0, 0.05) is 0 Å². The van der Waals surface area contributed by atoms with Gasteiger partial charge in [0.1, 0.15) is 6.26 Å². The molecule has 0 aliphatic heterocycles. The maximum Gasteiger partial charge on any atom is 0.210 e. The Morgan fingerprint density at radius 1 is 1.54 bits per heavy atom. The van der Waals surface area contributed by atoms with Crippen molar-refractivity contribution in [2.75, 3.05) is 0 Å². The summed E-state index contributed by atoms with van der Waals surface area (Å²) in [5, 5.41) is 0. The van der Waals surface area contributed by atoms with Crippen LogP contribution in [0.2, 0.25) is 0 Å². The molecule has 2 rings (SSSR count). The van der Waals surface area contributed by atoms with Gasteiger partial charge < -0.3 is 10.2 Å². The van der Waals surface area contributed by atoms with Gasteiger partial charge in [-0.05, 0) is 12.3 Å². The number of aromatic nitrogens is 1. The molecular weight excluding hydrogens is 164 g/mol. The molecule has 1 aliphatic carbocycles. The van der Waals surface area contributed by atoms with Crippen molar-refractivity contribution in [3.8, 4) is 0 Å². The van der Waals surface area contributed by atoms with Gasteiger partial charge in [-0.25, -0.2) is 4.98 Å². The van der Waals surface area contributed by atoms with Crippen LogP contribution in [-0.4, -0.2) is 4.98 Å². The van der Waals surface area contributed by atoms with E-state index in [1.54, 1.807) is 12.5 Å². The van der Waals surface area contributed by atoms with Crippen LogP contribution in [0, 0.1) is 5.92 Å². The van der Waals surface area contributed by atoms with E-state index >= 15 is 0 Å². The SMILES string of the molecule is NC(CC1CCCC1)c1ncco1. The van der Waals surface area contributed by atoms with Gasteiger partial charge in [0.05, 0.1) is 12.2 Å². The maximum atomic E-state index is 5.96. The summed E-state index contributed by atoms with van der Waals surface area (Å²) in [7, 11) is 0. The van der Waals surface area contributed by atoms with Crippen molar-refractivity contribution in [3.05, 3.63) is 18.4 Å². The largest absolute Gasteiger partial charge is 0.447 e. The number of hydrogen-bond acceptors (Lipinski definition) is 3. The van der Waals surface area contributed by atoms with Crippen LogP contribution >= 0.6 is 0 Å². The summed E-state index contributed by atoms with van der Waals surface area (Å²) < 4.78 is 5.17. The Morgan fingerprint density at radius 3 is 2.92 bits per heavy atom. The third-order valence-electron chi connectivity index (χ3n) is 2.83. The van der Waals surface area contributed by atoms with Gasteiger partial charge in [0.25, 0.3) is 0 Å². The number of hydrogen-bond donors (Lipinski definition) is 1. The highest BCUT2D eigenvalue weighted by molar-refractivity contribution is 4.89. The van der Waals surface area contributed by atoms with Crippen molar-refractivity contribution in [1.82, 2.24) is 4.98 Å². The van der Waals surface area contributed by atoms with E-state index in [0.717, 1.165) is 12.3 Å². The van der Waals surface area contributed by atoms with Gasteiger partial charge in [-0.1, -0.05) is 25.7 Å². The van der Waals surface area contributed by atoms with Crippen LogP contribution < -0.4 is 5.73 Å². The average molecular weight is 180 g/mol. The van der Waals surface area contributed by atoms with Gasteiger partial charge >= 0.3 is 0 Å². The minimum absolute atomic E-state index is 0.00176. The minimum atomic E-state index is -0.00176. The van der Waals surface area contributed by atoms with Crippen molar-refractivity contribution in [3.63, 3.8) is 0 Å². The molecule has 13 heavy (non-hydrogen) atoms. The van der Waals surface area contributed by atoms with Crippen LogP contribution in [-0.2, 0) is 0 Å². The predicted octanol–water partition coefficient (Wildman–Crippen LogP) is 2.25. The molecule has 1 unspecified atom stereocenters. The fraction of sp³-hybridized carbons (Fsp3) is 0.700. The zero-order valence-corrected chi connectivity index (χ0v) is 7.78. The molecule has 1 aromatic heterocycles. The zero-order chi connectivity index (χ0) is 9.10. The molecule has 1 saturated carbocycles. The molecule has 1 aromatic rings. The second-order valence-electron chi connectivity index (χ2n) is 3.86. The molecular formula is C10H16N2O. The number of nitrogens with two attached hydrogens (primary N) is 1. The Hall–Kier alpha value is -0.830. The van der Waals surface area contributed by atoms with E-state index in [1.165, 1.54) is 25.7 Å². The Morgan fingerprint density at radius 2 is 2.31 bits per heavy atom. The second-order valence-corrected chi connectivity index (χ2v) is 3.86. The molecule has 0 radical (unpaired) electrons. The zero-order valence-electron chi connectivity index (χ0n) is 7.78. The van der Waals surface area contributed by atoms with Crippen LogP contribution in [0.1, 0.15) is 44.0 Å². The molecule has 3 heteroatoms. The second kappa shape index (κ2) is 3.92. The first kappa shape index (κ1) is 8.75. The van der Waals surface area contributed by atoms with E-state index in [-0.39, 0.29) is 6.04 Å². The fourth-order valence-corrected chi connectivity index (χ4v) is 2.12. The Kier molecular flexibility index (Phi) is 2.64. The third kappa shape index (κ3) is 2.10. The van der Waals surface area contributed by atoms with Gasteiger partial charge in [0.2, 0.25) is 5.89 Å². The molecule has 1 heterocycles. The third-order valence-corrected chi connectivity index (χ3v) is 2.83. The molecule has 0 amide bonds. The number of nitrogens with zero attached hydrogens (tertiary/aromatic N) is 1. The standard InChI is InChI=1S/C10H16N2O/c11-9(10-12-5-6-13-10)7-8-3-1-2-4-8/h5-6,8-9H,1-4,7,11H2. The van der Waals surface area contributed by atoms with E-state index in [1.807, 2.05) is 0 Å². The van der Waals surface area contributed by atoms with Gasteiger partial charge in [-0.2, -0.15) is 0 Å². The predicted molar refractivity (Wildman–Crippen MR) is 50.0 cm³/mol. The van der Waals surface area contributed by atoms with Crippen molar-refractivity contribution < 1.29 is 4.42 Å². The lowest BCUT2D eigenvalue weighted by molar-refractivity contribution is 0.380. The summed E-state index contributed by atoms with van der Waals surface area (Å²) in [4.78, 5) is 4.07. The smallest absolute Gasteiger partial charge is 0.210 e.